The summed E-state index contributed by atoms with van der Waals surface area (Å²) in [6, 6.07) is 3.99. The number of carbonyl (C=O) groups excluding carboxylic acids is 1. The van der Waals surface area contributed by atoms with Crippen LogP contribution in [0.15, 0.2) is 23.7 Å². The summed E-state index contributed by atoms with van der Waals surface area (Å²) in [6.45, 7) is 5.86. The number of aryl methyl sites for hydroxylation is 3. The number of thiazole rings is 1. The first-order valence-electron chi connectivity index (χ1n) is 6.69. The molecule has 0 unspecified atom stereocenters. The first-order chi connectivity index (χ1) is 10.0. The Bertz CT molecular complexity index is 818. The normalized spacial score (nSPS) is 11.0. The number of imidazole rings is 1. The number of fused-ring (bicyclic) bond motifs is 1. The van der Waals surface area contributed by atoms with Gasteiger partial charge in [0.25, 0.3) is 0 Å². The van der Waals surface area contributed by atoms with Crippen molar-refractivity contribution in [2.75, 3.05) is 5.32 Å². The molecule has 0 aromatic carbocycles. The summed E-state index contributed by atoms with van der Waals surface area (Å²) in [4.78, 5) is 21.0. The molecule has 0 saturated heterocycles. The number of carbonyl (C=O) groups is 1. The Morgan fingerprint density at radius 2 is 2.14 bits per heavy atom. The van der Waals surface area contributed by atoms with Crippen molar-refractivity contribution in [3.63, 3.8) is 0 Å². The number of hydrogen-bond acceptors (Lipinski definition) is 4. The molecule has 0 aliphatic rings. The molecule has 21 heavy (non-hydrogen) atoms. The van der Waals surface area contributed by atoms with Gasteiger partial charge >= 0.3 is 0 Å². The van der Waals surface area contributed by atoms with Gasteiger partial charge in [0.1, 0.15) is 5.65 Å². The maximum atomic E-state index is 12.2. The van der Waals surface area contributed by atoms with Gasteiger partial charge < -0.3 is 9.72 Å². The minimum atomic E-state index is -0.0734. The molecule has 0 saturated carbocycles. The van der Waals surface area contributed by atoms with Gasteiger partial charge in [-0.2, -0.15) is 0 Å². The zero-order valence-corrected chi connectivity index (χ0v) is 13.0. The molecule has 0 atom stereocenters. The van der Waals surface area contributed by atoms with Crippen LogP contribution in [0.25, 0.3) is 5.65 Å². The molecule has 108 valence electrons. The van der Waals surface area contributed by atoms with Crippen molar-refractivity contribution in [1.82, 2.24) is 14.4 Å². The van der Waals surface area contributed by atoms with E-state index in [1.165, 1.54) is 11.3 Å². The Morgan fingerprint density at radius 1 is 1.33 bits per heavy atom. The summed E-state index contributed by atoms with van der Waals surface area (Å²) >= 11 is 1.44. The lowest BCUT2D eigenvalue weighted by molar-refractivity contribution is -0.115. The molecule has 1 N–H and O–H groups in total. The fourth-order valence-corrected chi connectivity index (χ4v) is 3.01. The van der Waals surface area contributed by atoms with Crippen LogP contribution in [0.3, 0.4) is 0 Å². The van der Waals surface area contributed by atoms with Crippen LogP contribution in [-0.4, -0.2) is 20.3 Å². The summed E-state index contributed by atoms with van der Waals surface area (Å²) in [6.07, 6.45) is 2.23. The van der Waals surface area contributed by atoms with Gasteiger partial charge in [-0.15, -0.1) is 11.3 Å². The summed E-state index contributed by atoms with van der Waals surface area (Å²) < 4.78 is 1.98. The number of nitrogens with one attached hydrogen (secondary N) is 1. The molecule has 5 nitrogen and oxygen atoms in total. The summed E-state index contributed by atoms with van der Waals surface area (Å²) in [5, 5.41) is 5.39. The topological polar surface area (TPSA) is 59.3 Å². The zero-order valence-electron chi connectivity index (χ0n) is 12.2. The number of aromatic nitrogens is 3. The fraction of sp³-hybridized carbons (Fsp3) is 0.267. The molecule has 3 aromatic heterocycles. The van der Waals surface area contributed by atoms with Crippen LogP contribution in [0.5, 0.6) is 0 Å². The van der Waals surface area contributed by atoms with E-state index in [0.29, 0.717) is 5.13 Å². The molecular weight excluding hydrogens is 284 g/mol. The molecule has 0 fully saturated rings. The SMILES string of the molecule is Cc1csc(NC(=O)Cc2c(C)nc3c(C)cccn23)n1. The first kappa shape index (κ1) is 13.8. The second-order valence-corrected chi connectivity index (χ2v) is 5.91. The van der Waals surface area contributed by atoms with Crippen LogP contribution in [0.1, 0.15) is 22.6 Å². The Hall–Kier alpha value is -2.21. The molecule has 0 aliphatic carbocycles. The van der Waals surface area contributed by atoms with Crippen LogP contribution >= 0.6 is 11.3 Å². The fourth-order valence-electron chi connectivity index (χ4n) is 2.31. The molecule has 3 rings (SSSR count). The highest BCUT2D eigenvalue weighted by Crippen LogP contribution is 2.18. The van der Waals surface area contributed by atoms with Gasteiger partial charge in [0.15, 0.2) is 5.13 Å². The summed E-state index contributed by atoms with van der Waals surface area (Å²) in [5.74, 6) is -0.0734. The first-order valence-corrected chi connectivity index (χ1v) is 7.57. The van der Waals surface area contributed by atoms with E-state index in [1.54, 1.807) is 0 Å². The van der Waals surface area contributed by atoms with E-state index in [0.717, 1.165) is 28.3 Å². The van der Waals surface area contributed by atoms with Crippen molar-refractivity contribution >= 4 is 28.0 Å². The maximum Gasteiger partial charge on any atom is 0.232 e. The van der Waals surface area contributed by atoms with Gasteiger partial charge in [-0.25, -0.2) is 9.97 Å². The molecule has 3 aromatic rings. The maximum absolute atomic E-state index is 12.2. The Morgan fingerprint density at radius 3 is 2.86 bits per heavy atom. The lowest BCUT2D eigenvalue weighted by Crippen LogP contribution is -2.16. The van der Waals surface area contributed by atoms with Gasteiger partial charge in [-0.05, 0) is 32.4 Å². The third kappa shape index (κ3) is 2.67. The van der Waals surface area contributed by atoms with Crippen molar-refractivity contribution in [2.45, 2.75) is 27.2 Å². The molecule has 0 aliphatic heterocycles. The van der Waals surface area contributed by atoms with E-state index < -0.39 is 0 Å². The highest BCUT2D eigenvalue weighted by Gasteiger charge is 2.14. The average Bonchev–Trinajstić information content (AvgIpc) is 2.96. The predicted octanol–water partition coefficient (Wildman–Crippen LogP) is 2.90. The van der Waals surface area contributed by atoms with Gasteiger partial charge in [-0.3, -0.25) is 4.79 Å². The van der Waals surface area contributed by atoms with Crippen LogP contribution in [-0.2, 0) is 11.2 Å². The Kier molecular flexibility index (Phi) is 3.47. The van der Waals surface area contributed by atoms with Gasteiger partial charge in [0, 0.05) is 11.6 Å². The van der Waals surface area contributed by atoms with E-state index in [1.807, 2.05) is 48.9 Å². The van der Waals surface area contributed by atoms with E-state index in [4.69, 9.17) is 0 Å². The molecular formula is C15H16N4OS. The number of anilines is 1. The van der Waals surface area contributed by atoms with Crippen LogP contribution < -0.4 is 5.32 Å². The van der Waals surface area contributed by atoms with Crippen molar-refractivity contribution in [3.05, 3.63) is 46.4 Å². The molecule has 0 bridgehead atoms. The van der Waals surface area contributed by atoms with Gasteiger partial charge in [-0.1, -0.05) is 6.07 Å². The quantitative estimate of drug-likeness (QED) is 0.809. The molecule has 0 radical (unpaired) electrons. The number of rotatable bonds is 3. The average molecular weight is 300 g/mol. The zero-order chi connectivity index (χ0) is 15.0. The minimum absolute atomic E-state index is 0.0734. The molecule has 1 amide bonds. The third-order valence-corrected chi connectivity index (χ3v) is 4.21. The standard InChI is InChI=1S/C15H16N4OS/c1-9-5-4-6-19-12(11(3)17-14(9)19)7-13(20)18-15-16-10(2)8-21-15/h4-6,8H,7H2,1-3H3,(H,16,18,20). The van der Waals surface area contributed by atoms with E-state index in [2.05, 4.69) is 15.3 Å². The summed E-state index contributed by atoms with van der Waals surface area (Å²) in [5.41, 5.74) is 4.72. The van der Waals surface area contributed by atoms with E-state index in [-0.39, 0.29) is 12.3 Å². The Balaban J connectivity index is 1.86. The van der Waals surface area contributed by atoms with Gasteiger partial charge in [0.05, 0.1) is 23.5 Å². The van der Waals surface area contributed by atoms with Crippen LogP contribution in [0.2, 0.25) is 0 Å². The molecule has 3 heterocycles. The minimum Gasteiger partial charge on any atom is -0.303 e. The summed E-state index contributed by atoms with van der Waals surface area (Å²) in [7, 11) is 0. The monoisotopic (exact) mass is 300 g/mol. The predicted molar refractivity (Wildman–Crippen MR) is 83.9 cm³/mol. The molecule has 6 heteroatoms. The highest BCUT2D eigenvalue weighted by molar-refractivity contribution is 7.13. The number of nitrogens with zero attached hydrogens (tertiary/aromatic N) is 3. The number of pyridine rings is 1. The number of hydrogen-bond donors (Lipinski definition) is 1. The van der Waals surface area contributed by atoms with E-state index in [9.17, 15) is 4.79 Å². The largest absolute Gasteiger partial charge is 0.303 e. The van der Waals surface area contributed by atoms with E-state index >= 15 is 0 Å². The van der Waals surface area contributed by atoms with Gasteiger partial charge in [0.2, 0.25) is 5.91 Å². The van der Waals surface area contributed by atoms with Crippen molar-refractivity contribution in [2.24, 2.45) is 0 Å². The number of amides is 1. The second kappa shape index (κ2) is 5.29. The van der Waals surface area contributed by atoms with Crippen LogP contribution in [0.4, 0.5) is 5.13 Å². The van der Waals surface area contributed by atoms with Crippen LogP contribution in [0, 0.1) is 20.8 Å². The lowest BCUT2D eigenvalue weighted by Gasteiger charge is -2.04. The van der Waals surface area contributed by atoms with Crippen molar-refractivity contribution < 1.29 is 4.79 Å². The smallest absolute Gasteiger partial charge is 0.232 e. The molecule has 0 spiro atoms. The third-order valence-electron chi connectivity index (χ3n) is 3.34. The van der Waals surface area contributed by atoms with Crippen molar-refractivity contribution in [3.8, 4) is 0 Å². The van der Waals surface area contributed by atoms with Crippen molar-refractivity contribution in [1.29, 1.82) is 0 Å². The lowest BCUT2D eigenvalue weighted by atomic mass is 10.2. The second-order valence-electron chi connectivity index (χ2n) is 5.05. The Labute approximate surface area is 126 Å². The highest BCUT2D eigenvalue weighted by atomic mass is 32.1.